The number of furan rings is 1. The normalized spacial score (nSPS) is 10.4. The minimum absolute atomic E-state index is 0.693. The van der Waals surface area contributed by atoms with E-state index in [0.717, 1.165) is 17.0 Å². The van der Waals surface area contributed by atoms with Crippen molar-refractivity contribution in [3.05, 3.63) is 36.7 Å². The lowest BCUT2D eigenvalue weighted by atomic mass is 10.2. The van der Waals surface area contributed by atoms with Gasteiger partial charge in [-0.15, -0.1) is 0 Å². The molecule has 4 nitrogen and oxygen atoms in total. The summed E-state index contributed by atoms with van der Waals surface area (Å²) >= 11 is 0. The number of nitrogens with one attached hydrogen (secondary N) is 1. The minimum Gasteiger partial charge on any atom is -0.467 e. The van der Waals surface area contributed by atoms with Gasteiger partial charge in [0.2, 0.25) is 0 Å². The summed E-state index contributed by atoms with van der Waals surface area (Å²) in [7, 11) is 1.88. The SMILES string of the molecule is CNCc1occc1-c1cnccn1. The van der Waals surface area contributed by atoms with E-state index >= 15 is 0 Å². The zero-order valence-electron chi connectivity index (χ0n) is 7.90. The molecule has 14 heavy (non-hydrogen) atoms. The topological polar surface area (TPSA) is 51.0 Å². The molecule has 0 saturated carbocycles. The highest BCUT2D eigenvalue weighted by atomic mass is 16.3. The van der Waals surface area contributed by atoms with E-state index < -0.39 is 0 Å². The van der Waals surface area contributed by atoms with Crippen molar-refractivity contribution in [3.63, 3.8) is 0 Å². The smallest absolute Gasteiger partial charge is 0.126 e. The van der Waals surface area contributed by atoms with Gasteiger partial charge in [-0.1, -0.05) is 0 Å². The van der Waals surface area contributed by atoms with Crippen molar-refractivity contribution < 1.29 is 4.42 Å². The molecule has 2 aromatic heterocycles. The third-order valence-corrected chi connectivity index (χ3v) is 1.92. The number of hydrogen-bond donors (Lipinski definition) is 1. The van der Waals surface area contributed by atoms with Crippen molar-refractivity contribution in [2.45, 2.75) is 6.54 Å². The Labute approximate surface area is 82.0 Å². The maximum absolute atomic E-state index is 5.33. The largest absolute Gasteiger partial charge is 0.467 e. The lowest BCUT2D eigenvalue weighted by Crippen LogP contribution is -2.05. The van der Waals surface area contributed by atoms with E-state index in [9.17, 15) is 0 Å². The first-order valence-corrected chi connectivity index (χ1v) is 4.39. The Bertz CT molecular complexity index is 397. The second kappa shape index (κ2) is 4.02. The van der Waals surface area contributed by atoms with Crippen molar-refractivity contribution in [1.29, 1.82) is 0 Å². The van der Waals surface area contributed by atoms with E-state index in [1.54, 1.807) is 24.9 Å². The zero-order chi connectivity index (χ0) is 9.80. The van der Waals surface area contributed by atoms with Crippen LogP contribution in [-0.4, -0.2) is 17.0 Å². The maximum atomic E-state index is 5.33. The molecule has 0 unspecified atom stereocenters. The molecular weight excluding hydrogens is 178 g/mol. The molecule has 0 aliphatic heterocycles. The van der Waals surface area contributed by atoms with Gasteiger partial charge in [0.1, 0.15) is 5.76 Å². The van der Waals surface area contributed by atoms with Crippen molar-refractivity contribution >= 4 is 0 Å². The van der Waals surface area contributed by atoms with Crippen LogP contribution in [0.25, 0.3) is 11.3 Å². The number of rotatable bonds is 3. The molecule has 0 fully saturated rings. The molecule has 0 aliphatic carbocycles. The van der Waals surface area contributed by atoms with E-state index in [0.29, 0.717) is 6.54 Å². The van der Waals surface area contributed by atoms with Gasteiger partial charge in [0.25, 0.3) is 0 Å². The van der Waals surface area contributed by atoms with Gasteiger partial charge < -0.3 is 9.73 Å². The van der Waals surface area contributed by atoms with Crippen LogP contribution in [0.3, 0.4) is 0 Å². The summed E-state index contributed by atoms with van der Waals surface area (Å²) < 4.78 is 5.33. The summed E-state index contributed by atoms with van der Waals surface area (Å²) in [6, 6.07) is 1.90. The third kappa shape index (κ3) is 1.65. The molecular formula is C10H11N3O. The number of hydrogen-bond acceptors (Lipinski definition) is 4. The quantitative estimate of drug-likeness (QED) is 0.794. The predicted molar refractivity (Wildman–Crippen MR) is 52.5 cm³/mol. The Kier molecular flexibility index (Phi) is 2.55. The van der Waals surface area contributed by atoms with Gasteiger partial charge >= 0.3 is 0 Å². The van der Waals surface area contributed by atoms with Gasteiger partial charge in [-0.05, 0) is 13.1 Å². The molecule has 1 N–H and O–H groups in total. The van der Waals surface area contributed by atoms with Gasteiger partial charge in [0.15, 0.2) is 0 Å². The first kappa shape index (κ1) is 8.90. The summed E-state index contributed by atoms with van der Waals surface area (Å²) in [5.41, 5.74) is 1.83. The van der Waals surface area contributed by atoms with Gasteiger partial charge in [-0.3, -0.25) is 9.97 Å². The Morgan fingerprint density at radius 2 is 2.36 bits per heavy atom. The fraction of sp³-hybridized carbons (Fsp3) is 0.200. The molecule has 0 amide bonds. The molecule has 0 aromatic carbocycles. The van der Waals surface area contributed by atoms with Crippen LogP contribution in [0, 0.1) is 0 Å². The average molecular weight is 189 g/mol. The molecule has 0 atom stereocenters. The lowest BCUT2D eigenvalue weighted by Gasteiger charge is -1.99. The second-order valence-corrected chi connectivity index (χ2v) is 2.88. The fourth-order valence-electron chi connectivity index (χ4n) is 1.30. The average Bonchev–Trinajstić information content (AvgIpc) is 2.68. The van der Waals surface area contributed by atoms with Crippen LogP contribution in [0.4, 0.5) is 0 Å². The van der Waals surface area contributed by atoms with Crippen LogP contribution in [0.15, 0.2) is 35.3 Å². The van der Waals surface area contributed by atoms with Crippen molar-refractivity contribution in [2.24, 2.45) is 0 Å². The molecule has 0 aliphatic rings. The standard InChI is InChI=1S/C10H11N3O/c1-11-7-10-8(2-5-14-10)9-6-12-3-4-13-9/h2-6,11H,7H2,1H3. The molecule has 0 radical (unpaired) electrons. The molecule has 0 spiro atoms. The first-order chi connectivity index (χ1) is 6.92. The van der Waals surface area contributed by atoms with E-state index in [1.807, 2.05) is 13.1 Å². The van der Waals surface area contributed by atoms with Crippen LogP contribution >= 0.6 is 0 Å². The van der Waals surface area contributed by atoms with E-state index in [4.69, 9.17) is 4.42 Å². The summed E-state index contributed by atoms with van der Waals surface area (Å²) in [5, 5.41) is 3.04. The summed E-state index contributed by atoms with van der Waals surface area (Å²) in [5.74, 6) is 0.882. The van der Waals surface area contributed by atoms with Crippen LogP contribution < -0.4 is 5.32 Å². The highest BCUT2D eigenvalue weighted by molar-refractivity contribution is 5.59. The summed E-state index contributed by atoms with van der Waals surface area (Å²) in [4.78, 5) is 8.23. The third-order valence-electron chi connectivity index (χ3n) is 1.92. The minimum atomic E-state index is 0.693. The highest BCUT2D eigenvalue weighted by Crippen LogP contribution is 2.21. The van der Waals surface area contributed by atoms with Crippen LogP contribution in [0.2, 0.25) is 0 Å². The predicted octanol–water partition coefficient (Wildman–Crippen LogP) is 1.46. The van der Waals surface area contributed by atoms with Crippen LogP contribution in [-0.2, 0) is 6.54 Å². The van der Waals surface area contributed by atoms with E-state index in [-0.39, 0.29) is 0 Å². The van der Waals surface area contributed by atoms with Crippen LogP contribution in [0.5, 0.6) is 0 Å². The van der Waals surface area contributed by atoms with Crippen molar-refractivity contribution in [3.8, 4) is 11.3 Å². The fourth-order valence-corrected chi connectivity index (χ4v) is 1.30. The van der Waals surface area contributed by atoms with Crippen molar-refractivity contribution in [1.82, 2.24) is 15.3 Å². The van der Waals surface area contributed by atoms with E-state index in [1.165, 1.54) is 0 Å². The lowest BCUT2D eigenvalue weighted by molar-refractivity contribution is 0.496. The molecule has 72 valence electrons. The Morgan fingerprint density at radius 3 is 3.07 bits per heavy atom. The summed E-state index contributed by atoms with van der Waals surface area (Å²) in [6.45, 7) is 0.693. The molecule has 2 rings (SSSR count). The number of nitrogens with zero attached hydrogens (tertiary/aromatic N) is 2. The second-order valence-electron chi connectivity index (χ2n) is 2.88. The zero-order valence-corrected chi connectivity index (χ0v) is 7.90. The Morgan fingerprint density at radius 1 is 1.43 bits per heavy atom. The highest BCUT2D eigenvalue weighted by Gasteiger charge is 2.08. The maximum Gasteiger partial charge on any atom is 0.126 e. The first-order valence-electron chi connectivity index (χ1n) is 4.39. The number of aromatic nitrogens is 2. The van der Waals surface area contributed by atoms with Crippen molar-refractivity contribution in [2.75, 3.05) is 7.05 Å². The van der Waals surface area contributed by atoms with Gasteiger partial charge in [0.05, 0.1) is 24.7 Å². The molecule has 2 aromatic rings. The molecule has 0 saturated heterocycles. The Hall–Kier alpha value is -1.68. The monoisotopic (exact) mass is 189 g/mol. The molecule has 0 bridgehead atoms. The van der Waals surface area contributed by atoms with Gasteiger partial charge in [-0.2, -0.15) is 0 Å². The van der Waals surface area contributed by atoms with E-state index in [2.05, 4.69) is 15.3 Å². The van der Waals surface area contributed by atoms with Crippen LogP contribution in [0.1, 0.15) is 5.76 Å². The summed E-state index contributed by atoms with van der Waals surface area (Å²) in [6.07, 6.45) is 6.72. The Balaban J connectivity index is 2.37. The molecule has 2 heterocycles. The molecule has 4 heteroatoms. The van der Waals surface area contributed by atoms with Gasteiger partial charge in [0, 0.05) is 18.0 Å². The van der Waals surface area contributed by atoms with Gasteiger partial charge in [-0.25, -0.2) is 0 Å².